The Morgan fingerprint density at radius 2 is 1.93 bits per heavy atom. The Hall–Kier alpha value is -1.61. The zero-order chi connectivity index (χ0) is 19.1. The van der Waals surface area contributed by atoms with Crippen LogP contribution in [0.5, 0.6) is 0 Å². The van der Waals surface area contributed by atoms with E-state index in [1.165, 1.54) is 5.56 Å². The van der Waals surface area contributed by atoms with Gasteiger partial charge in [0.2, 0.25) is 5.91 Å². The van der Waals surface area contributed by atoms with Crippen LogP contribution in [0.15, 0.2) is 47.5 Å². The third kappa shape index (κ3) is 6.48. The molecule has 6 nitrogen and oxygen atoms in total. The van der Waals surface area contributed by atoms with E-state index in [0.29, 0.717) is 6.04 Å². The number of nitrogens with zero attached hydrogens (tertiary/aromatic N) is 4. The average molecular weight is 497 g/mol. The van der Waals surface area contributed by atoms with Crippen molar-refractivity contribution in [2.24, 2.45) is 4.99 Å². The second-order valence-corrected chi connectivity index (χ2v) is 7.40. The third-order valence-corrected chi connectivity index (χ3v) is 5.23. The van der Waals surface area contributed by atoms with E-state index in [1.807, 2.05) is 6.07 Å². The van der Waals surface area contributed by atoms with E-state index >= 15 is 0 Å². The number of carbonyl (C=O) groups excluding carboxylic acids is 1. The molecule has 1 amide bonds. The van der Waals surface area contributed by atoms with Gasteiger partial charge in [-0.05, 0) is 18.4 Å². The normalized spacial score (nSPS) is 19.6. The summed E-state index contributed by atoms with van der Waals surface area (Å²) in [4.78, 5) is 23.0. The molecular formula is C21H32IN5O. The molecule has 1 aromatic carbocycles. The number of guanidine groups is 1. The van der Waals surface area contributed by atoms with Gasteiger partial charge >= 0.3 is 0 Å². The number of halogens is 1. The summed E-state index contributed by atoms with van der Waals surface area (Å²) in [7, 11) is 3.54. The predicted molar refractivity (Wildman–Crippen MR) is 125 cm³/mol. The number of rotatable bonds is 6. The fourth-order valence-corrected chi connectivity index (χ4v) is 3.54. The summed E-state index contributed by atoms with van der Waals surface area (Å²) in [6.45, 7) is 5.04. The number of benzene rings is 1. The van der Waals surface area contributed by atoms with Crippen LogP contribution in [0.2, 0.25) is 0 Å². The standard InChI is InChI=1S/C21H31N5O.HI/c1-24(2)20(27)16-23-21(22-12-10-18-8-4-3-5-9-18)26-15-11-19(17-26)25-13-6-7-14-25;/h3-9,19H,10-17H2,1-2H3,(H,22,23);1H. The Kier molecular flexibility index (Phi) is 9.24. The molecule has 2 aliphatic rings. The monoisotopic (exact) mass is 497 g/mol. The van der Waals surface area contributed by atoms with E-state index in [4.69, 9.17) is 0 Å². The van der Waals surface area contributed by atoms with Gasteiger partial charge in [0.05, 0.1) is 0 Å². The number of hydrogen-bond donors (Lipinski definition) is 1. The molecule has 0 radical (unpaired) electrons. The first-order chi connectivity index (χ1) is 13.1. The SMILES string of the molecule is CN(C)C(=O)CN=C(NCCc1ccccc1)N1CCC(N2CC=CC2)C1.I. The van der Waals surface area contributed by atoms with Crippen LogP contribution >= 0.6 is 24.0 Å². The molecule has 2 heterocycles. The summed E-state index contributed by atoms with van der Waals surface area (Å²) in [5.74, 6) is 0.882. The number of nitrogens with one attached hydrogen (secondary N) is 1. The summed E-state index contributed by atoms with van der Waals surface area (Å²) in [5, 5.41) is 3.49. The highest BCUT2D eigenvalue weighted by atomic mass is 127. The van der Waals surface area contributed by atoms with Gasteiger partial charge in [-0.25, -0.2) is 4.99 Å². The number of carbonyl (C=O) groups is 1. The number of aliphatic imine (C=N–C) groups is 1. The van der Waals surface area contributed by atoms with Gasteiger partial charge in [-0.1, -0.05) is 42.5 Å². The minimum atomic E-state index is 0. The zero-order valence-corrected chi connectivity index (χ0v) is 19.2. The molecule has 154 valence electrons. The largest absolute Gasteiger partial charge is 0.356 e. The average Bonchev–Trinajstić information content (AvgIpc) is 3.36. The Labute approximate surface area is 185 Å². The minimum Gasteiger partial charge on any atom is -0.356 e. The van der Waals surface area contributed by atoms with Crippen LogP contribution in [-0.4, -0.2) is 86.0 Å². The quantitative estimate of drug-likeness (QED) is 0.282. The lowest BCUT2D eigenvalue weighted by molar-refractivity contribution is -0.127. The molecule has 1 unspecified atom stereocenters. The lowest BCUT2D eigenvalue weighted by Gasteiger charge is -2.26. The molecule has 1 atom stereocenters. The summed E-state index contributed by atoms with van der Waals surface area (Å²) in [5.41, 5.74) is 1.30. The lowest BCUT2D eigenvalue weighted by Crippen LogP contribution is -2.44. The van der Waals surface area contributed by atoms with Crippen LogP contribution in [-0.2, 0) is 11.2 Å². The molecule has 28 heavy (non-hydrogen) atoms. The van der Waals surface area contributed by atoms with Crippen molar-refractivity contribution in [3.8, 4) is 0 Å². The van der Waals surface area contributed by atoms with Crippen LogP contribution in [0, 0.1) is 0 Å². The second kappa shape index (κ2) is 11.4. The maximum atomic E-state index is 12.0. The maximum absolute atomic E-state index is 12.0. The van der Waals surface area contributed by atoms with E-state index in [2.05, 4.69) is 56.5 Å². The van der Waals surface area contributed by atoms with E-state index in [-0.39, 0.29) is 36.4 Å². The van der Waals surface area contributed by atoms with Crippen LogP contribution in [0.3, 0.4) is 0 Å². The zero-order valence-electron chi connectivity index (χ0n) is 16.9. The summed E-state index contributed by atoms with van der Waals surface area (Å²) >= 11 is 0. The Balaban J connectivity index is 0.00000280. The number of likely N-dealkylation sites (tertiary alicyclic amines) is 1. The molecule has 1 N–H and O–H groups in total. The van der Waals surface area contributed by atoms with Crippen LogP contribution in [0.25, 0.3) is 0 Å². The van der Waals surface area contributed by atoms with Crippen molar-refractivity contribution < 1.29 is 4.79 Å². The van der Waals surface area contributed by atoms with Crippen molar-refractivity contribution in [1.82, 2.24) is 20.0 Å². The van der Waals surface area contributed by atoms with Crippen LogP contribution in [0.4, 0.5) is 0 Å². The Morgan fingerprint density at radius 1 is 1.21 bits per heavy atom. The van der Waals surface area contributed by atoms with Crippen molar-refractivity contribution >= 4 is 35.8 Å². The number of hydrogen-bond acceptors (Lipinski definition) is 3. The van der Waals surface area contributed by atoms with E-state index in [0.717, 1.165) is 51.5 Å². The van der Waals surface area contributed by atoms with Crippen LogP contribution in [0.1, 0.15) is 12.0 Å². The fraction of sp³-hybridized carbons (Fsp3) is 0.524. The third-order valence-electron chi connectivity index (χ3n) is 5.23. The predicted octanol–water partition coefficient (Wildman–Crippen LogP) is 1.83. The van der Waals surface area contributed by atoms with Gasteiger partial charge in [0, 0.05) is 52.9 Å². The smallest absolute Gasteiger partial charge is 0.243 e. The highest BCUT2D eigenvalue weighted by molar-refractivity contribution is 14.0. The molecule has 0 saturated carbocycles. The number of likely N-dealkylation sites (N-methyl/N-ethyl adjacent to an activating group) is 1. The van der Waals surface area contributed by atoms with E-state index < -0.39 is 0 Å². The Bertz CT molecular complexity index is 669. The van der Waals surface area contributed by atoms with E-state index in [9.17, 15) is 4.79 Å². The molecule has 7 heteroatoms. The van der Waals surface area contributed by atoms with Gasteiger partial charge in [0.25, 0.3) is 0 Å². The van der Waals surface area contributed by atoms with E-state index in [1.54, 1.807) is 19.0 Å². The van der Waals surface area contributed by atoms with Crippen molar-refractivity contribution in [1.29, 1.82) is 0 Å². The van der Waals surface area contributed by atoms with Crippen LogP contribution < -0.4 is 5.32 Å². The summed E-state index contributed by atoms with van der Waals surface area (Å²) in [6, 6.07) is 11.0. The minimum absolute atomic E-state index is 0. The second-order valence-electron chi connectivity index (χ2n) is 7.40. The Morgan fingerprint density at radius 3 is 2.61 bits per heavy atom. The highest BCUT2D eigenvalue weighted by Crippen LogP contribution is 2.18. The van der Waals surface area contributed by atoms with Crippen molar-refractivity contribution in [2.45, 2.75) is 18.9 Å². The van der Waals surface area contributed by atoms with Gasteiger partial charge in [-0.15, -0.1) is 24.0 Å². The first-order valence-corrected chi connectivity index (χ1v) is 9.80. The first kappa shape index (κ1) is 22.7. The first-order valence-electron chi connectivity index (χ1n) is 9.80. The topological polar surface area (TPSA) is 51.2 Å². The lowest BCUT2D eigenvalue weighted by atomic mass is 10.1. The molecule has 3 rings (SSSR count). The van der Waals surface area contributed by atoms with Gasteiger partial charge in [0.15, 0.2) is 5.96 Å². The molecule has 2 aliphatic heterocycles. The maximum Gasteiger partial charge on any atom is 0.243 e. The molecule has 0 aromatic heterocycles. The van der Waals surface area contributed by atoms with Gasteiger partial charge < -0.3 is 15.1 Å². The molecule has 1 aromatic rings. The molecule has 0 bridgehead atoms. The molecule has 1 fully saturated rings. The molecular weight excluding hydrogens is 465 g/mol. The molecule has 0 spiro atoms. The molecule has 0 aliphatic carbocycles. The van der Waals surface area contributed by atoms with Gasteiger partial charge in [-0.2, -0.15) is 0 Å². The summed E-state index contributed by atoms with van der Waals surface area (Å²) < 4.78 is 0. The van der Waals surface area contributed by atoms with Crippen molar-refractivity contribution in [3.05, 3.63) is 48.0 Å². The van der Waals surface area contributed by atoms with Gasteiger partial charge in [-0.3, -0.25) is 9.69 Å². The number of amides is 1. The van der Waals surface area contributed by atoms with Crippen molar-refractivity contribution in [3.63, 3.8) is 0 Å². The van der Waals surface area contributed by atoms with Gasteiger partial charge in [0.1, 0.15) is 6.54 Å². The highest BCUT2D eigenvalue weighted by Gasteiger charge is 2.29. The van der Waals surface area contributed by atoms with Crippen molar-refractivity contribution in [2.75, 3.05) is 53.4 Å². The molecule has 1 saturated heterocycles. The fourth-order valence-electron chi connectivity index (χ4n) is 3.54. The summed E-state index contributed by atoms with van der Waals surface area (Å²) in [6.07, 6.45) is 6.56.